The summed E-state index contributed by atoms with van der Waals surface area (Å²) in [6, 6.07) is 0.336. The van der Waals surface area contributed by atoms with E-state index in [0.29, 0.717) is 18.2 Å². The van der Waals surface area contributed by atoms with Gasteiger partial charge in [-0.1, -0.05) is 6.08 Å². The zero-order valence-corrected chi connectivity index (χ0v) is 8.21. The molecule has 0 radical (unpaired) electrons. The Morgan fingerprint density at radius 2 is 2.40 bits per heavy atom. The Labute approximate surface area is 86.0 Å². The van der Waals surface area contributed by atoms with Crippen LogP contribution in [0, 0.1) is 6.92 Å². The minimum Gasteiger partial charge on any atom is -0.461 e. The van der Waals surface area contributed by atoms with Crippen molar-refractivity contribution in [2.75, 3.05) is 6.61 Å². The second-order valence-electron chi connectivity index (χ2n) is 3.68. The van der Waals surface area contributed by atoms with E-state index in [0.717, 1.165) is 0 Å². The molecule has 3 heterocycles. The van der Waals surface area contributed by atoms with Crippen LogP contribution in [0.5, 0.6) is 6.01 Å². The third-order valence-corrected chi connectivity index (χ3v) is 2.54. The average Bonchev–Trinajstić information content (AvgIpc) is 2.60. The number of ether oxygens (including phenoxy) is 2. The van der Waals surface area contributed by atoms with E-state index < -0.39 is 0 Å². The standard InChI is InChI=1S/C10H10N2O3/c1-6-4-12-8-3-2-7(15-8)5-14-10(12)11-9(6)13/h2-4,7-8H,5H2,1H3/t7-,8+/m0/s1. The zero-order chi connectivity index (χ0) is 10.4. The predicted molar refractivity (Wildman–Crippen MR) is 51.8 cm³/mol. The summed E-state index contributed by atoms with van der Waals surface area (Å²) >= 11 is 0. The van der Waals surface area contributed by atoms with Crippen molar-refractivity contribution in [1.29, 1.82) is 0 Å². The molecule has 5 nitrogen and oxygen atoms in total. The lowest BCUT2D eigenvalue weighted by Crippen LogP contribution is -2.19. The number of hydrogen-bond donors (Lipinski definition) is 0. The molecule has 5 heteroatoms. The molecule has 1 aromatic rings. The van der Waals surface area contributed by atoms with Crippen LogP contribution in [-0.2, 0) is 4.74 Å². The molecule has 2 atom stereocenters. The van der Waals surface area contributed by atoms with Gasteiger partial charge in [0.2, 0.25) is 0 Å². The van der Waals surface area contributed by atoms with Gasteiger partial charge in [-0.2, -0.15) is 4.98 Å². The smallest absolute Gasteiger partial charge is 0.302 e. The van der Waals surface area contributed by atoms with Crippen molar-refractivity contribution in [3.8, 4) is 6.01 Å². The van der Waals surface area contributed by atoms with Gasteiger partial charge >= 0.3 is 6.01 Å². The Balaban J connectivity index is 2.18. The molecular formula is C10H10N2O3. The van der Waals surface area contributed by atoms with Crippen LogP contribution in [0.3, 0.4) is 0 Å². The summed E-state index contributed by atoms with van der Waals surface area (Å²) in [6.07, 6.45) is 5.39. The van der Waals surface area contributed by atoms with Crippen molar-refractivity contribution in [1.82, 2.24) is 9.55 Å². The Kier molecular flexibility index (Phi) is 1.70. The number of aromatic nitrogens is 2. The molecule has 78 valence electrons. The topological polar surface area (TPSA) is 53.4 Å². The third-order valence-electron chi connectivity index (χ3n) is 2.54. The van der Waals surface area contributed by atoms with Crippen molar-refractivity contribution in [3.05, 3.63) is 34.3 Å². The highest BCUT2D eigenvalue weighted by Gasteiger charge is 2.27. The molecule has 0 saturated heterocycles. The largest absolute Gasteiger partial charge is 0.461 e. The van der Waals surface area contributed by atoms with E-state index in [9.17, 15) is 4.79 Å². The van der Waals surface area contributed by atoms with Gasteiger partial charge in [0.25, 0.3) is 5.56 Å². The van der Waals surface area contributed by atoms with Crippen molar-refractivity contribution in [2.24, 2.45) is 0 Å². The Bertz CT molecular complexity index is 492. The molecule has 0 N–H and O–H groups in total. The van der Waals surface area contributed by atoms with E-state index in [1.54, 1.807) is 17.7 Å². The van der Waals surface area contributed by atoms with Crippen LogP contribution < -0.4 is 10.3 Å². The minimum atomic E-state index is -0.247. The fourth-order valence-electron chi connectivity index (χ4n) is 1.74. The molecule has 0 saturated carbocycles. The number of nitrogens with zero attached hydrogens (tertiary/aromatic N) is 2. The molecule has 3 rings (SSSR count). The molecule has 1 aromatic heterocycles. The fourth-order valence-corrected chi connectivity index (χ4v) is 1.74. The van der Waals surface area contributed by atoms with E-state index in [-0.39, 0.29) is 17.9 Å². The normalized spacial score (nSPS) is 27.0. The van der Waals surface area contributed by atoms with Crippen molar-refractivity contribution in [3.63, 3.8) is 0 Å². The highest BCUT2D eigenvalue weighted by atomic mass is 16.6. The summed E-state index contributed by atoms with van der Waals surface area (Å²) in [4.78, 5) is 15.2. The van der Waals surface area contributed by atoms with Crippen molar-refractivity contribution in [2.45, 2.75) is 19.3 Å². The summed E-state index contributed by atoms with van der Waals surface area (Å²) in [5.74, 6) is 0. The van der Waals surface area contributed by atoms with Gasteiger partial charge in [-0.3, -0.25) is 9.36 Å². The zero-order valence-electron chi connectivity index (χ0n) is 8.21. The maximum atomic E-state index is 11.3. The molecule has 0 spiro atoms. The molecule has 15 heavy (non-hydrogen) atoms. The third kappa shape index (κ3) is 1.27. The lowest BCUT2D eigenvalue weighted by atomic mass is 10.3. The van der Waals surface area contributed by atoms with Crippen LogP contribution in [-0.4, -0.2) is 22.3 Å². The number of fused-ring (bicyclic) bond motifs is 4. The average molecular weight is 206 g/mol. The summed E-state index contributed by atoms with van der Waals surface area (Å²) < 4.78 is 12.8. The van der Waals surface area contributed by atoms with E-state index >= 15 is 0 Å². The van der Waals surface area contributed by atoms with Gasteiger partial charge < -0.3 is 9.47 Å². The number of aryl methyl sites for hydroxylation is 1. The quantitative estimate of drug-likeness (QED) is 0.576. The number of rotatable bonds is 0. The van der Waals surface area contributed by atoms with Gasteiger partial charge in [-0.25, -0.2) is 0 Å². The van der Waals surface area contributed by atoms with Gasteiger partial charge in [0.15, 0.2) is 6.23 Å². The summed E-state index contributed by atoms with van der Waals surface area (Å²) in [5, 5.41) is 0. The van der Waals surface area contributed by atoms with Gasteiger partial charge in [0, 0.05) is 11.8 Å². The van der Waals surface area contributed by atoms with E-state index in [4.69, 9.17) is 9.47 Å². The van der Waals surface area contributed by atoms with Crippen LogP contribution >= 0.6 is 0 Å². The van der Waals surface area contributed by atoms with Crippen molar-refractivity contribution < 1.29 is 9.47 Å². The van der Waals surface area contributed by atoms with Crippen LogP contribution in [0.25, 0.3) is 0 Å². The molecule has 0 amide bonds. The minimum absolute atomic E-state index is 0.0351. The monoisotopic (exact) mass is 206 g/mol. The summed E-state index contributed by atoms with van der Waals surface area (Å²) in [7, 11) is 0. The second kappa shape index (κ2) is 2.93. The van der Waals surface area contributed by atoms with Crippen LogP contribution in [0.4, 0.5) is 0 Å². The van der Waals surface area contributed by atoms with Crippen LogP contribution in [0.2, 0.25) is 0 Å². The Hall–Kier alpha value is -1.62. The van der Waals surface area contributed by atoms with E-state index in [1.807, 2.05) is 12.2 Å². The molecule has 0 fully saturated rings. The first-order chi connectivity index (χ1) is 7.24. The SMILES string of the molecule is Cc1cn2c(nc1=O)OC[C@@H]1C=C[C@H]2O1. The van der Waals surface area contributed by atoms with Gasteiger partial charge in [-0.15, -0.1) is 0 Å². The molecule has 2 bridgehead atoms. The van der Waals surface area contributed by atoms with Crippen molar-refractivity contribution >= 4 is 0 Å². The first-order valence-electron chi connectivity index (χ1n) is 4.80. The maximum absolute atomic E-state index is 11.3. The summed E-state index contributed by atoms with van der Waals surface area (Å²) in [6.45, 7) is 2.13. The van der Waals surface area contributed by atoms with Crippen LogP contribution in [0.15, 0.2) is 23.1 Å². The highest BCUT2D eigenvalue weighted by Crippen LogP contribution is 2.28. The molecule has 0 aromatic carbocycles. The molecule has 2 aliphatic rings. The first kappa shape index (κ1) is 8.67. The number of hydrogen-bond acceptors (Lipinski definition) is 4. The lowest BCUT2D eigenvalue weighted by Gasteiger charge is -2.14. The summed E-state index contributed by atoms with van der Waals surface area (Å²) in [5.41, 5.74) is 0.340. The maximum Gasteiger partial charge on any atom is 0.302 e. The van der Waals surface area contributed by atoms with Gasteiger partial charge in [0.05, 0.1) is 0 Å². The Morgan fingerprint density at radius 3 is 3.27 bits per heavy atom. The first-order valence-corrected chi connectivity index (χ1v) is 4.80. The fraction of sp³-hybridized carbons (Fsp3) is 0.400. The molecular weight excluding hydrogens is 196 g/mol. The Morgan fingerprint density at radius 1 is 1.53 bits per heavy atom. The van der Waals surface area contributed by atoms with Gasteiger partial charge in [-0.05, 0) is 13.0 Å². The van der Waals surface area contributed by atoms with E-state index in [1.165, 1.54) is 0 Å². The van der Waals surface area contributed by atoms with E-state index in [2.05, 4.69) is 4.98 Å². The molecule has 2 aliphatic heterocycles. The highest BCUT2D eigenvalue weighted by molar-refractivity contribution is 5.15. The molecule has 0 unspecified atom stereocenters. The second-order valence-corrected chi connectivity index (χ2v) is 3.68. The lowest BCUT2D eigenvalue weighted by molar-refractivity contribution is 0.0199. The van der Waals surface area contributed by atoms with Gasteiger partial charge in [0.1, 0.15) is 12.7 Å². The molecule has 0 aliphatic carbocycles. The van der Waals surface area contributed by atoms with Crippen LogP contribution in [0.1, 0.15) is 11.8 Å². The predicted octanol–water partition coefficient (Wildman–Crippen LogP) is 0.398.